The zero-order valence-corrected chi connectivity index (χ0v) is 28.7. The number of nitriles is 1. The molecule has 2 aromatic heterocycles. The number of fused-ring (bicyclic) bond motifs is 8. The predicted octanol–water partition coefficient (Wildman–Crippen LogP) is 13.7. The Labute approximate surface area is 306 Å². The van der Waals surface area contributed by atoms with E-state index in [1.807, 2.05) is 0 Å². The van der Waals surface area contributed by atoms with Crippen LogP contribution in [-0.4, -0.2) is 4.40 Å². The average molecular weight is 671 g/mol. The van der Waals surface area contributed by atoms with Crippen molar-refractivity contribution in [3.8, 4) is 50.6 Å². The second-order valence-corrected chi connectivity index (χ2v) is 14.1. The Balaban J connectivity index is 1.08. The molecule has 0 saturated heterocycles. The molecule has 0 aliphatic carbocycles. The SMILES string of the molecule is N#Cc1cc2c3cc4ccc(-c5ccc(-c6ccccc6)cc5)cc4cc3n3c4cc5cc(-c6ccc(-c7ccccc7)cc6)ccc5cc4c(c1)c23. The van der Waals surface area contributed by atoms with Gasteiger partial charge in [-0.05, 0) is 115 Å². The number of hydrogen-bond acceptors (Lipinski definition) is 1. The first kappa shape index (κ1) is 29.5. The molecule has 2 heterocycles. The minimum atomic E-state index is 0.684. The fraction of sp³-hybridized carbons (Fsp3) is 0. The highest BCUT2D eigenvalue weighted by Crippen LogP contribution is 2.43. The van der Waals surface area contributed by atoms with E-state index >= 15 is 0 Å². The molecule has 0 saturated carbocycles. The molecule has 9 aromatic carbocycles. The predicted molar refractivity (Wildman–Crippen MR) is 223 cm³/mol. The molecule has 0 radical (unpaired) electrons. The highest BCUT2D eigenvalue weighted by molar-refractivity contribution is 6.26. The lowest BCUT2D eigenvalue weighted by Gasteiger charge is -2.08. The maximum absolute atomic E-state index is 10.1. The number of nitrogens with zero attached hydrogens (tertiary/aromatic N) is 2. The summed E-state index contributed by atoms with van der Waals surface area (Å²) in [5.74, 6) is 0. The summed E-state index contributed by atoms with van der Waals surface area (Å²) in [6.07, 6.45) is 0. The van der Waals surface area contributed by atoms with Crippen LogP contribution in [0.3, 0.4) is 0 Å². The Bertz CT molecular complexity index is 3030. The fourth-order valence-electron chi connectivity index (χ4n) is 8.42. The lowest BCUT2D eigenvalue weighted by atomic mass is 9.96. The van der Waals surface area contributed by atoms with Gasteiger partial charge in [-0.2, -0.15) is 5.26 Å². The quantitative estimate of drug-likeness (QED) is 0.183. The molecule has 0 atom stereocenters. The average Bonchev–Trinajstić information content (AvgIpc) is 3.72. The molecular formula is C51H30N2. The molecule has 0 aliphatic heterocycles. The molecule has 53 heavy (non-hydrogen) atoms. The van der Waals surface area contributed by atoms with Gasteiger partial charge in [0.1, 0.15) is 0 Å². The van der Waals surface area contributed by atoms with Crippen LogP contribution in [0.1, 0.15) is 5.56 Å². The first-order valence-electron chi connectivity index (χ1n) is 18.0. The van der Waals surface area contributed by atoms with Crippen molar-refractivity contribution < 1.29 is 0 Å². The van der Waals surface area contributed by atoms with Crippen molar-refractivity contribution in [1.29, 1.82) is 5.26 Å². The van der Waals surface area contributed by atoms with Crippen LogP contribution in [0, 0.1) is 11.3 Å². The van der Waals surface area contributed by atoms with Gasteiger partial charge in [-0.1, -0.05) is 133 Å². The largest absolute Gasteiger partial charge is 0.308 e. The summed E-state index contributed by atoms with van der Waals surface area (Å²) < 4.78 is 2.43. The number of benzene rings is 9. The number of hydrogen-bond donors (Lipinski definition) is 0. The van der Waals surface area contributed by atoms with E-state index in [-0.39, 0.29) is 0 Å². The molecule has 11 rings (SSSR count). The van der Waals surface area contributed by atoms with E-state index in [2.05, 4.69) is 192 Å². The first-order chi connectivity index (χ1) is 26.2. The second-order valence-electron chi connectivity index (χ2n) is 14.1. The van der Waals surface area contributed by atoms with Crippen molar-refractivity contribution in [1.82, 2.24) is 4.40 Å². The van der Waals surface area contributed by atoms with E-state index in [1.165, 1.54) is 82.3 Å². The molecule has 0 bridgehead atoms. The fourth-order valence-corrected chi connectivity index (χ4v) is 8.42. The molecular weight excluding hydrogens is 641 g/mol. The molecule has 0 fully saturated rings. The van der Waals surface area contributed by atoms with Crippen LogP contribution in [0.25, 0.3) is 104 Å². The minimum absolute atomic E-state index is 0.684. The summed E-state index contributed by atoms with van der Waals surface area (Å²) in [6, 6.07) is 68.1. The Hall–Kier alpha value is -7.21. The van der Waals surface area contributed by atoms with Gasteiger partial charge in [-0.15, -0.1) is 0 Å². The summed E-state index contributed by atoms with van der Waals surface area (Å²) in [5, 5.41) is 19.5. The van der Waals surface area contributed by atoms with Crippen LogP contribution in [0.4, 0.5) is 0 Å². The summed E-state index contributed by atoms with van der Waals surface area (Å²) in [5.41, 5.74) is 13.8. The van der Waals surface area contributed by atoms with Crippen LogP contribution in [-0.2, 0) is 0 Å². The van der Waals surface area contributed by atoms with Crippen LogP contribution < -0.4 is 0 Å². The van der Waals surface area contributed by atoms with Gasteiger partial charge in [-0.25, -0.2) is 0 Å². The van der Waals surface area contributed by atoms with Crippen molar-refractivity contribution in [3.63, 3.8) is 0 Å². The Morgan fingerprint density at radius 2 is 0.698 bits per heavy atom. The maximum Gasteiger partial charge on any atom is 0.0992 e. The van der Waals surface area contributed by atoms with Crippen LogP contribution >= 0.6 is 0 Å². The van der Waals surface area contributed by atoms with Gasteiger partial charge in [0, 0.05) is 21.5 Å². The molecule has 0 aliphatic rings. The van der Waals surface area contributed by atoms with E-state index in [4.69, 9.17) is 0 Å². The first-order valence-corrected chi connectivity index (χ1v) is 18.0. The van der Waals surface area contributed by atoms with Crippen molar-refractivity contribution in [2.45, 2.75) is 0 Å². The normalized spacial score (nSPS) is 11.8. The van der Waals surface area contributed by atoms with Gasteiger partial charge in [-0.3, -0.25) is 0 Å². The molecule has 11 aromatic rings. The smallest absolute Gasteiger partial charge is 0.0992 e. The second kappa shape index (κ2) is 11.4. The summed E-state index contributed by atoms with van der Waals surface area (Å²) in [7, 11) is 0. The molecule has 0 spiro atoms. The van der Waals surface area contributed by atoms with E-state index in [1.54, 1.807) is 0 Å². The Morgan fingerprint density at radius 1 is 0.321 bits per heavy atom. The summed E-state index contributed by atoms with van der Waals surface area (Å²) in [6.45, 7) is 0. The highest BCUT2D eigenvalue weighted by Gasteiger charge is 2.20. The standard InChI is InChI=1S/C51H30N2/c52-31-32-23-47-45-27-41-21-19-39(37-15-11-35(12-16-37)33-7-3-1-4-8-33)25-43(41)29-49(45)53-50-30-44-26-40(20-22-42(44)28-46(50)48(24-32)51(47)53)38-17-13-36(14-18-38)34-9-5-2-6-10-34/h1-30H. The van der Waals surface area contributed by atoms with E-state index in [0.717, 1.165) is 21.8 Å². The molecule has 0 unspecified atom stereocenters. The lowest BCUT2D eigenvalue weighted by Crippen LogP contribution is -1.85. The van der Waals surface area contributed by atoms with Crippen molar-refractivity contribution in [3.05, 3.63) is 188 Å². The highest BCUT2D eigenvalue weighted by atomic mass is 14.9. The molecule has 244 valence electrons. The zero-order valence-electron chi connectivity index (χ0n) is 28.7. The van der Waals surface area contributed by atoms with E-state index < -0.39 is 0 Å². The lowest BCUT2D eigenvalue weighted by molar-refractivity contribution is 1.38. The third kappa shape index (κ3) is 4.65. The van der Waals surface area contributed by atoms with Gasteiger partial charge in [0.15, 0.2) is 0 Å². The van der Waals surface area contributed by atoms with Crippen LogP contribution in [0.15, 0.2) is 182 Å². The van der Waals surface area contributed by atoms with Crippen molar-refractivity contribution >= 4 is 59.6 Å². The third-order valence-corrected chi connectivity index (χ3v) is 11.1. The third-order valence-electron chi connectivity index (χ3n) is 11.1. The zero-order chi connectivity index (χ0) is 35.0. The van der Waals surface area contributed by atoms with Gasteiger partial charge in [0.25, 0.3) is 0 Å². The number of rotatable bonds is 4. The Kier molecular flexibility index (Phi) is 6.35. The topological polar surface area (TPSA) is 28.2 Å². The maximum atomic E-state index is 10.1. The van der Waals surface area contributed by atoms with Gasteiger partial charge in [0.05, 0.1) is 28.2 Å². The van der Waals surface area contributed by atoms with Crippen LogP contribution in [0.2, 0.25) is 0 Å². The summed E-state index contributed by atoms with van der Waals surface area (Å²) in [4.78, 5) is 0. The van der Waals surface area contributed by atoms with Gasteiger partial charge >= 0.3 is 0 Å². The number of aromatic nitrogens is 1. The van der Waals surface area contributed by atoms with Gasteiger partial charge in [0.2, 0.25) is 0 Å². The molecule has 0 amide bonds. The van der Waals surface area contributed by atoms with E-state index in [9.17, 15) is 5.26 Å². The molecule has 0 N–H and O–H groups in total. The van der Waals surface area contributed by atoms with Crippen molar-refractivity contribution in [2.24, 2.45) is 0 Å². The Morgan fingerprint density at radius 3 is 1.11 bits per heavy atom. The van der Waals surface area contributed by atoms with Gasteiger partial charge < -0.3 is 4.40 Å². The van der Waals surface area contributed by atoms with Crippen LogP contribution in [0.5, 0.6) is 0 Å². The summed E-state index contributed by atoms with van der Waals surface area (Å²) >= 11 is 0. The van der Waals surface area contributed by atoms with Crippen molar-refractivity contribution in [2.75, 3.05) is 0 Å². The minimum Gasteiger partial charge on any atom is -0.308 e. The van der Waals surface area contributed by atoms with E-state index in [0.29, 0.717) is 5.56 Å². The monoisotopic (exact) mass is 670 g/mol. The molecule has 2 nitrogen and oxygen atoms in total. The molecule has 2 heteroatoms.